The summed E-state index contributed by atoms with van der Waals surface area (Å²) in [6.07, 6.45) is 2.66. The molecule has 0 bridgehead atoms. The van der Waals surface area contributed by atoms with E-state index in [1.54, 1.807) is 24.8 Å². The van der Waals surface area contributed by atoms with Gasteiger partial charge < -0.3 is 10.2 Å². The van der Waals surface area contributed by atoms with E-state index in [1.807, 2.05) is 12.1 Å². The fourth-order valence-electron chi connectivity index (χ4n) is 2.12. The summed E-state index contributed by atoms with van der Waals surface area (Å²) in [6.45, 7) is 1.79. The van der Waals surface area contributed by atoms with Crippen LogP contribution in [0.3, 0.4) is 0 Å². The van der Waals surface area contributed by atoms with Crippen LogP contribution >= 0.6 is 11.8 Å². The van der Waals surface area contributed by atoms with E-state index in [0.717, 1.165) is 29.7 Å². The topological polar surface area (TPSA) is 57.5 Å². The largest absolute Gasteiger partial charge is 0.478 e. The molecule has 0 aromatic heterocycles. The van der Waals surface area contributed by atoms with Crippen molar-refractivity contribution < 1.29 is 15.0 Å². The van der Waals surface area contributed by atoms with Crippen molar-refractivity contribution in [1.82, 2.24) is 0 Å². The van der Waals surface area contributed by atoms with Gasteiger partial charge in [-0.25, -0.2) is 4.79 Å². The lowest BCUT2D eigenvalue weighted by Gasteiger charge is -2.14. The van der Waals surface area contributed by atoms with Crippen molar-refractivity contribution in [2.75, 3.05) is 0 Å². The fourth-order valence-corrected chi connectivity index (χ4v) is 3.38. The van der Waals surface area contributed by atoms with Gasteiger partial charge in [0.25, 0.3) is 0 Å². The lowest BCUT2D eigenvalue weighted by atomic mass is 10.1. The van der Waals surface area contributed by atoms with Gasteiger partial charge in [-0.2, -0.15) is 0 Å². The summed E-state index contributed by atoms with van der Waals surface area (Å²) in [5.41, 5.74) is 1.12. The maximum Gasteiger partial charge on any atom is 0.335 e. The van der Waals surface area contributed by atoms with Gasteiger partial charge in [-0.3, -0.25) is 0 Å². The summed E-state index contributed by atoms with van der Waals surface area (Å²) >= 11 is 1.59. The zero-order chi connectivity index (χ0) is 12.4. The number of thioether (sulfide) groups is 1. The van der Waals surface area contributed by atoms with Gasteiger partial charge in [0.05, 0.1) is 11.7 Å². The van der Waals surface area contributed by atoms with Crippen LogP contribution < -0.4 is 0 Å². The van der Waals surface area contributed by atoms with Crippen molar-refractivity contribution in [2.45, 2.75) is 42.4 Å². The van der Waals surface area contributed by atoms with E-state index in [4.69, 9.17) is 5.11 Å². The molecule has 92 valence electrons. The Kier molecular flexibility index (Phi) is 3.74. The number of aromatic carboxylic acids is 1. The van der Waals surface area contributed by atoms with Crippen molar-refractivity contribution in [3.8, 4) is 0 Å². The Hall–Kier alpha value is -1.00. The monoisotopic (exact) mass is 252 g/mol. The predicted octanol–water partition coefficient (Wildman–Crippen LogP) is 2.70. The Morgan fingerprint density at radius 2 is 2.18 bits per heavy atom. The molecule has 0 aliphatic heterocycles. The van der Waals surface area contributed by atoms with Gasteiger partial charge in [-0.05, 0) is 43.9 Å². The molecule has 17 heavy (non-hydrogen) atoms. The highest BCUT2D eigenvalue weighted by molar-refractivity contribution is 8.00. The average Bonchev–Trinajstić information content (AvgIpc) is 2.67. The molecule has 0 radical (unpaired) electrons. The highest BCUT2D eigenvalue weighted by atomic mass is 32.2. The average molecular weight is 252 g/mol. The highest BCUT2D eigenvalue weighted by Gasteiger charge is 2.26. The SMILES string of the molecule is Cc1ccc(SC2CCCC2O)cc1C(=O)O. The van der Waals surface area contributed by atoms with E-state index in [-0.39, 0.29) is 11.4 Å². The first-order chi connectivity index (χ1) is 8.08. The van der Waals surface area contributed by atoms with E-state index >= 15 is 0 Å². The van der Waals surface area contributed by atoms with Crippen LogP contribution in [0.25, 0.3) is 0 Å². The minimum atomic E-state index is -0.892. The number of carboxylic acids is 1. The van der Waals surface area contributed by atoms with Gasteiger partial charge in [-0.15, -0.1) is 11.8 Å². The van der Waals surface area contributed by atoms with Crippen LogP contribution in [-0.4, -0.2) is 27.5 Å². The van der Waals surface area contributed by atoms with Gasteiger partial charge in [0.15, 0.2) is 0 Å². The van der Waals surface area contributed by atoms with Crippen LogP contribution in [0.15, 0.2) is 23.1 Å². The van der Waals surface area contributed by atoms with Crippen LogP contribution in [0.5, 0.6) is 0 Å². The van der Waals surface area contributed by atoms with E-state index in [0.29, 0.717) is 5.56 Å². The minimum absolute atomic E-state index is 0.208. The van der Waals surface area contributed by atoms with E-state index in [2.05, 4.69) is 0 Å². The van der Waals surface area contributed by atoms with Gasteiger partial charge in [-0.1, -0.05) is 6.07 Å². The third-order valence-corrected chi connectivity index (χ3v) is 4.52. The van der Waals surface area contributed by atoms with Crippen molar-refractivity contribution in [1.29, 1.82) is 0 Å². The van der Waals surface area contributed by atoms with E-state index in [9.17, 15) is 9.90 Å². The maximum absolute atomic E-state index is 11.0. The lowest BCUT2D eigenvalue weighted by Crippen LogP contribution is -2.14. The number of hydrogen-bond donors (Lipinski definition) is 2. The number of aliphatic hydroxyl groups excluding tert-OH is 1. The van der Waals surface area contributed by atoms with E-state index < -0.39 is 5.97 Å². The zero-order valence-corrected chi connectivity index (χ0v) is 10.5. The maximum atomic E-state index is 11.0. The summed E-state index contributed by atoms with van der Waals surface area (Å²) in [4.78, 5) is 11.9. The molecule has 0 spiro atoms. The highest BCUT2D eigenvalue weighted by Crippen LogP contribution is 2.35. The molecule has 0 heterocycles. The molecule has 1 aliphatic carbocycles. The molecule has 1 aromatic carbocycles. The molecule has 2 unspecified atom stereocenters. The minimum Gasteiger partial charge on any atom is -0.478 e. The molecule has 3 nitrogen and oxygen atoms in total. The second-order valence-corrected chi connectivity index (χ2v) is 5.75. The number of carboxylic acid groups (broad SMARTS) is 1. The van der Waals surface area contributed by atoms with Crippen LogP contribution in [-0.2, 0) is 0 Å². The summed E-state index contributed by atoms with van der Waals surface area (Å²) in [5, 5.41) is 19.0. The molecule has 1 saturated carbocycles. The lowest BCUT2D eigenvalue weighted by molar-refractivity contribution is 0.0696. The molecule has 0 amide bonds. The Balaban J connectivity index is 2.16. The second kappa shape index (κ2) is 5.10. The Morgan fingerprint density at radius 1 is 1.41 bits per heavy atom. The Labute approximate surface area is 105 Å². The first kappa shape index (κ1) is 12.5. The van der Waals surface area contributed by atoms with Crippen LogP contribution in [0.1, 0.15) is 35.2 Å². The molecule has 2 rings (SSSR count). The summed E-state index contributed by atoms with van der Waals surface area (Å²) in [6, 6.07) is 5.46. The van der Waals surface area contributed by atoms with Crippen LogP contribution in [0.2, 0.25) is 0 Å². The summed E-state index contributed by atoms with van der Waals surface area (Å²) in [7, 11) is 0. The van der Waals surface area contributed by atoms with Crippen LogP contribution in [0, 0.1) is 6.92 Å². The molecule has 1 fully saturated rings. The number of carbonyl (C=O) groups is 1. The Bertz CT molecular complexity index is 431. The number of hydrogen-bond acceptors (Lipinski definition) is 3. The first-order valence-corrected chi connectivity index (χ1v) is 6.64. The molecule has 2 N–H and O–H groups in total. The second-order valence-electron chi connectivity index (χ2n) is 4.44. The number of aryl methyl sites for hydroxylation is 1. The smallest absolute Gasteiger partial charge is 0.335 e. The summed E-state index contributed by atoms with van der Waals surface area (Å²) in [5.74, 6) is -0.892. The molecule has 1 aliphatic rings. The molecular weight excluding hydrogens is 236 g/mol. The third-order valence-electron chi connectivity index (χ3n) is 3.14. The molecule has 2 atom stereocenters. The number of rotatable bonds is 3. The normalized spacial score (nSPS) is 23.9. The van der Waals surface area contributed by atoms with E-state index in [1.165, 1.54) is 0 Å². The third kappa shape index (κ3) is 2.82. The van der Waals surface area contributed by atoms with Crippen LogP contribution in [0.4, 0.5) is 0 Å². The first-order valence-electron chi connectivity index (χ1n) is 5.76. The number of aliphatic hydroxyl groups is 1. The molecule has 1 aromatic rings. The standard InChI is InChI=1S/C13H16O3S/c1-8-5-6-9(7-10(8)13(15)16)17-12-4-2-3-11(12)14/h5-7,11-12,14H,2-4H2,1H3,(H,15,16). The quantitative estimate of drug-likeness (QED) is 0.868. The fraction of sp³-hybridized carbons (Fsp3) is 0.462. The molecule has 0 saturated heterocycles. The molecule has 4 heteroatoms. The number of benzene rings is 1. The van der Waals surface area contributed by atoms with Crippen molar-refractivity contribution >= 4 is 17.7 Å². The van der Waals surface area contributed by atoms with Crippen molar-refractivity contribution in [3.05, 3.63) is 29.3 Å². The zero-order valence-electron chi connectivity index (χ0n) is 9.72. The van der Waals surface area contributed by atoms with Gasteiger partial charge >= 0.3 is 5.97 Å². The summed E-state index contributed by atoms with van der Waals surface area (Å²) < 4.78 is 0. The van der Waals surface area contributed by atoms with Gasteiger partial charge in [0.2, 0.25) is 0 Å². The van der Waals surface area contributed by atoms with Crippen molar-refractivity contribution in [3.63, 3.8) is 0 Å². The Morgan fingerprint density at radius 3 is 2.76 bits per heavy atom. The van der Waals surface area contributed by atoms with Gasteiger partial charge in [0.1, 0.15) is 0 Å². The predicted molar refractivity (Wildman–Crippen MR) is 67.6 cm³/mol. The molecular formula is C13H16O3S. The van der Waals surface area contributed by atoms with Gasteiger partial charge in [0, 0.05) is 10.1 Å². The van der Waals surface area contributed by atoms with Crippen molar-refractivity contribution in [2.24, 2.45) is 0 Å².